The van der Waals surface area contributed by atoms with Crippen LogP contribution in [-0.4, -0.2) is 49.7 Å². The number of amides is 1. The predicted octanol–water partition coefficient (Wildman–Crippen LogP) is 3.45. The van der Waals surface area contributed by atoms with Crippen molar-refractivity contribution in [1.82, 2.24) is 19.7 Å². The molecule has 1 aliphatic rings. The molecule has 0 bridgehead atoms. The van der Waals surface area contributed by atoms with Crippen molar-refractivity contribution >= 4 is 22.9 Å². The highest BCUT2D eigenvalue weighted by Gasteiger charge is 2.40. The van der Waals surface area contributed by atoms with E-state index in [2.05, 4.69) is 5.10 Å². The highest BCUT2D eigenvalue weighted by molar-refractivity contribution is 6.06. The lowest BCUT2D eigenvalue weighted by Crippen LogP contribution is -2.48. The number of carboxylic acid groups (broad SMARTS) is 1. The SMILES string of the molecule is CCn1ncc2c(C(=O)N3CCCC(C)(C(=O)O)C3)cc(-c3ccccc3)nc21. The first-order valence-electron chi connectivity index (χ1n) is 9.87. The van der Waals surface area contributed by atoms with E-state index in [1.165, 1.54) is 0 Å². The standard InChI is InChI=1S/C22H24N4O3/c1-3-26-19-17(13-23-26)16(12-18(24-19)15-8-5-4-6-9-15)20(27)25-11-7-10-22(2,14-25)21(28)29/h4-6,8-9,12-13H,3,7,10-11,14H2,1-2H3,(H,28,29). The third kappa shape index (κ3) is 3.37. The molecule has 0 saturated carbocycles. The second-order valence-corrected chi connectivity index (χ2v) is 7.81. The maximum atomic E-state index is 13.5. The summed E-state index contributed by atoms with van der Waals surface area (Å²) >= 11 is 0. The Morgan fingerprint density at radius 2 is 2.00 bits per heavy atom. The number of benzene rings is 1. The van der Waals surface area contributed by atoms with Crippen molar-refractivity contribution in [2.24, 2.45) is 5.41 Å². The number of fused-ring (bicyclic) bond motifs is 1. The zero-order valence-corrected chi connectivity index (χ0v) is 16.6. The zero-order chi connectivity index (χ0) is 20.6. The number of carbonyl (C=O) groups is 2. The van der Waals surface area contributed by atoms with Gasteiger partial charge in [0.15, 0.2) is 5.65 Å². The fraction of sp³-hybridized carbons (Fsp3) is 0.364. The summed E-state index contributed by atoms with van der Waals surface area (Å²) in [5, 5.41) is 14.7. The fourth-order valence-corrected chi connectivity index (χ4v) is 3.97. The van der Waals surface area contributed by atoms with Crippen LogP contribution in [0.4, 0.5) is 0 Å². The molecule has 1 amide bonds. The summed E-state index contributed by atoms with van der Waals surface area (Å²) < 4.78 is 1.77. The van der Waals surface area contributed by atoms with Crippen LogP contribution in [-0.2, 0) is 11.3 Å². The second-order valence-electron chi connectivity index (χ2n) is 7.81. The molecular formula is C22H24N4O3. The highest BCUT2D eigenvalue weighted by Crippen LogP contribution is 2.32. The Morgan fingerprint density at radius 1 is 1.24 bits per heavy atom. The first kappa shape index (κ1) is 19.1. The van der Waals surface area contributed by atoms with Crippen molar-refractivity contribution in [2.45, 2.75) is 33.2 Å². The number of aliphatic carboxylic acids is 1. The molecule has 7 heteroatoms. The largest absolute Gasteiger partial charge is 0.481 e. The molecule has 7 nitrogen and oxygen atoms in total. The molecule has 1 unspecified atom stereocenters. The molecule has 1 N–H and O–H groups in total. The monoisotopic (exact) mass is 392 g/mol. The average Bonchev–Trinajstić information content (AvgIpc) is 3.16. The number of carbonyl (C=O) groups excluding carboxylic acids is 1. The number of aryl methyl sites for hydroxylation is 1. The molecule has 1 atom stereocenters. The number of likely N-dealkylation sites (tertiary alicyclic amines) is 1. The van der Waals surface area contributed by atoms with Gasteiger partial charge in [0, 0.05) is 25.2 Å². The lowest BCUT2D eigenvalue weighted by atomic mass is 9.82. The minimum atomic E-state index is -0.921. The van der Waals surface area contributed by atoms with Gasteiger partial charge in [-0.15, -0.1) is 0 Å². The molecule has 1 aliphatic heterocycles. The summed E-state index contributed by atoms with van der Waals surface area (Å²) in [6, 6.07) is 11.5. The molecule has 1 fully saturated rings. The molecule has 29 heavy (non-hydrogen) atoms. The number of aromatic nitrogens is 3. The van der Waals surface area contributed by atoms with Crippen LogP contribution >= 0.6 is 0 Å². The van der Waals surface area contributed by atoms with Crippen LogP contribution in [0.15, 0.2) is 42.6 Å². The molecule has 3 heterocycles. The van der Waals surface area contributed by atoms with E-state index in [0.29, 0.717) is 48.2 Å². The molecule has 1 saturated heterocycles. The average molecular weight is 392 g/mol. The lowest BCUT2D eigenvalue weighted by Gasteiger charge is -2.37. The number of rotatable bonds is 4. The van der Waals surface area contributed by atoms with Crippen LogP contribution in [0.3, 0.4) is 0 Å². The fourth-order valence-electron chi connectivity index (χ4n) is 3.97. The van der Waals surface area contributed by atoms with Crippen molar-refractivity contribution in [3.63, 3.8) is 0 Å². The normalized spacial score (nSPS) is 19.4. The Hall–Kier alpha value is -3.22. The number of nitrogens with zero attached hydrogens (tertiary/aromatic N) is 4. The van der Waals surface area contributed by atoms with Gasteiger partial charge < -0.3 is 10.0 Å². The zero-order valence-electron chi connectivity index (χ0n) is 16.6. The Balaban J connectivity index is 1.81. The number of hydrogen-bond donors (Lipinski definition) is 1. The lowest BCUT2D eigenvalue weighted by molar-refractivity contribution is -0.150. The van der Waals surface area contributed by atoms with E-state index in [1.807, 2.05) is 37.3 Å². The number of piperidine rings is 1. The van der Waals surface area contributed by atoms with Crippen LogP contribution in [0.5, 0.6) is 0 Å². The van der Waals surface area contributed by atoms with Gasteiger partial charge in [-0.2, -0.15) is 5.10 Å². The molecule has 1 aromatic carbocycles. The van der Waals surface area contributed by atoms with E-state index in [1.54, 1.807) is 28.8 Å². The molecule has 2 aromatic heterocycles. The van der Waals surface area contributed by atoms with Crippen molar-refractivity contribution in [1.29, 1.82) is 0 Å². The molecule has 0 spiro atoms. The maximum Gasteiger partial charge on any atom is 0.311 e. The molecular weight excluding hydrogens is 368 g/mol. The van der Waals surface area contributed by atoms with Crippen LogP contribution in [0.2, 0.25) is 0 Å². The summed E-state index contributed by atoms with van der Waals surface area (Å²) in [5.41, 5.74) is 1.88. The van der Waals surface area contributed by atoms with E-state index in [9.17, 15) is 14.7 Å². The van der Waals surface area contributed by atoms with Crippen LogP contribution in [0.25, 0.3) is 22.3 Å². The first-order valence-corrected chi connectivity index (χ1v) is 9.87. The van der Waals surface area contributed by atoms with Gasteiger partial charge in [0.05, 0.1) is 28.3 Å². The van der Waals surface area contributed by atoms with Crippen LogP contribution < -0.4 is 0 Å². The Labute approximate surface area is 169 Å². The van der Waals surface area contributed by atoms with Gasteiger partial charge in [-0.1, -0.05) is 30.3 Å². The molecule has 150 valence electrons. The van der Waals surface area contributed by atoms with Crippen LogP contribution in [0.1, 0.15) is 37.0 Å². The van der Waals surface area contributed by atoms with Gasteiger partial charge in [-0.05, 0) is 32.8 Å². The molecule has 0 radical (unpaired) electrons. The Morgan fingerprint density at radius 3 is 2.69 bits per heavy atom. The minimum absolute atomic E-state index is 0.169. The van der Waals surface area contributed by atoms with Crippen molar-refractivity contribution in [2.75, 3.05) is 13.1 Å². The summed E-state index contributed by atoms with van der Waals surface area (Å²) in [6.07, 6.45) is 2.91. The van der Waals surface area contributed by atoms with Crippen LogP contribution in [0, 0.1) is 5.41 Å². The third-order valence-electron chi connectivity index (χ3n) is 5.71. The predicted molar refractivity (Wildman–Crippen MR) is 110 cm³/mol. The van der Waals surface area contributed by atoms with E-state index in [0.717, 1.165) is 5.56 Å². The summed E-state index contributed by atoms with van der Waals surface area (Å²) in [6.45, 7) is 5.08. The first-order chi connectivity index (χ1) is 13.9. The number of pyridine rings is 1. The Bertz CT molecular complexity index is 1080. The summed E-state index contributed by atoms with van der Waals surface area (Å²) in [7, 11) is 0. The van der Waals surface area contributed by atoms with Crippen molar-refractivity contribution in [3.05, 3.63) is 48.2 Å². The van der Waals surface area contributed by atoms with E-state index in [-0.39, 0.29) is 12.5 Å². The van der Waals surface area contributed by atoms with Gasteiger partial charge in [-0.25, -0.2) is 9.67 Å². The second kappa shape index (κ2) is 7.31. The topological polar surface area (TPSA) is 88.3 Å². The molecule has 0 aliphatic carbocycles. The third-order valence-corrected chi connectivity index (χ3v) is 5.71. The smallest absolute Gasteiger partial charge is 0.311 e. The number of carboxylic acids is 1. The van der Waals surface area contributed by atoms with E-state index < -0.39 is 11.4 Å². The highest BCUT2D eigenvalue weighted by atomic mass is 16.4. The van der Waals surface area contributed by atoms with Gasteiger partial charge in [0.2, 0.25) is 0 Å². The Kier molecular flexibility index (Phi) is 4.82. The quantitative estimate of drug-likeness (QED) is 0.735. The van der Waals surface area contributed by atoms with Gasteiger partial charge in [0.1, 0.15) is 0 Å². The minimum Gasteiger partial charge on any atom is -0.481 e. The van der Waals surface area contributed by atoms with E-state index in [4.69, 9.17) is 4.98 Å². The van der Waals surface area contributed by atoms with Crippen molar-refractivity contribution < 1.29 is 14.7 Å². The summed E-state index contributed by atoms with van der Waals surface area (Å²) in [4.78, 5) is 31.6. The molecule has 3 aromatic rings. The van der Waals surface area contributed by atoms with Gasteiger partial charge in [0.25, 0.3) is 5.91 Å². The van der Waals surface area contributed by atoms with E-state index >= 15 is 0 Å². The van der Waals surface area contributed by atoms with Crippen molar-refractivity contribution in [3.8, 4) is 11.3 Å². The van der Waals surface area contributed by atoms with Gasteiger partial charge >= 0.3 is 5.97 Å². The molecule has 4 rings (SSSR count). The van der Waals surface area contributed by atoms with Gasteiger partial charge in [-0.3, -0.25) is 9.59 Å². The maximum absolute atomic E-state index is 13.5. The summed E-state index contributed by atoms with van der Waals surface area (Å²) in [5.74, 6) is -1.03. The number of hydrogen-bond acceptors (Lipinski definition) is 4.